The summed E-state index contributed by atoms with van der Waals surface area (Å²) in [5.74, 6) is 0.243. The van der Waals surface area contributed by atoms with Gasteiger partial charge in [-0.3, -0.25) is 4.79 Å². The maximum atomic E-state index is 11.6. The quantitative estimate of drug-likeness (QED) is 0.866. The minimum atomic E-state index is -0.150. The molecule has 4 heteroatoms. The number of carbonyl (C=O) groups is 1. The van der Waals surface area contributed by atoms with Crippen molar-refractivity contribution in [1.82, 2.24) is 0 Å². The van der Waals surface area contributed by atoms with Gasteiger partial charge in [-0.1, -0.05) is 19.1 Å². The van der Waals surface area contributed by atoms with Gasteiger partial charge in [0.05, 0.1) is 0 Å². The highest BCUT2D eigenvalue weighted by atomic mass is 16.3. The van der Waals surface area contributed by atoms with Crippen LogP contribution in [0.25, 0.3) is 0 Å². The Kier molecular flexibility index (Phi) is 4.22. The van der Waals surface area contributed by atoms with Crippen molar-refractivity contribution in [3.8, 4) is 0 Å². The molecule has 1 aliphatic rings. The summed E-state index contributed by atoms with van der Waals surface area (Å²) in [4.78, 5) is 13.4. The normalized spacial score (nSPS) is 18.1. The molecule has 1 aromatic carbocycles. The predicted octanol–water partition coefficient (Wildman–Crippen LogP) is 1.61. The van der Waals surface area contributed by atoms with E-state index in [1.807, 2.05) is 26.1 Å². The Bertz CT molecular complexity index is 469. The third-order valence-corrected chi connectivity index (χ3v) is 4.10. The second kappa shape index (κ2) is 5.72. The van der Waals surface area contributed by atoms with Crippen LogP contribution in [0.1, 0.15) is 36.9 Å². The lowest BCUT2D eigenvalue weighted by Crippen LogP contribution is -2.31. The minimum absolute atomic E-state index is 0.0843. The van der Waals surface area contributed by atoms with Gasteiger partial charge < -0.3 is 15.7 Å². The molecular weight excluding hydrogens is 240 g/mol. The molecule has 4 nitrogen and oxygen atoms in total. The summed E-state index contributed by atoms with van der Waals surface area (Å²) >= 11 is 0. The predicted molar refractivity (Wildman–Crippen MR) is 76.0 cm³/mol. The van der Waals surface area contributed by atoms with Gasteiger partial charge >= 0.3 is 0 Å². The van der Waals surface area contributed by atoms with Crippen LogP contribution in [-0.2, 0) is 11.2 Å². The number of fused-ring (bicyclic) bond motifs is 1. The van der Waals surface area contributed by atoms with Crippen LogP contribution >= 0.6 is 0 Å². The van der Waals surface area contributed by atoms with Crippen LogP contribution in [0.15, 0.2) is 18.2 Å². The van der Waals surface area contributed by atoms with E-state index in [4.69, 9.17) is 5.73 Å². The first kappa shape index (κ1) is 14.0. The number of nitrogens with zero attached hydrogens (tertiary/aromatic N) is 1. The minimum Gasteiger partial charge on any atom is -0.396 e. The van der Waals surface area contributed by atoms with Crippen molar-refractivity contribution in [2.45, 2.75) is 32.2 Å². The molecule has 19 heavy (non-hydrogen) atoms. The van der Waals surface area contributed by atoms with Crippen molar-refractivity contribution in [2.75, 3.05) is 18.6 Å². The topological polar surface area (TPSA) is 66.6 Å². The summed E-state index contributed by atoms with van der Waals surface area (Å²) < 4.78 is 0. The Morgan fingerprint density at radius 2 is 2.16 bits per heavy atom. The highest BCUT2D eigenvalue weighted by molar-refractivity contribution is 5.95. The number of amides is 1. The Morgan fingerprint density at radius 1 is 1.42 bits per heavy atom. The van der Waals surface area contributed by atoms with Crippen LogP contribution in [0.4, 0.5) is 5.69 Å². The lowest BCUT2D eigenvalue weighted by atomic mass is 9.89. The molecule has 2 atom stereocenters. The summed E-state index contributed by atoms with van der Waals surface area (Å²) in [6.07, 6.45) is 2.18. The van der Waals surface area contributed by atoms with E-state index in [2.05, 4.69) is 6.07 Å². The van der Waals surface area contributed by atoms with E-state index < -0.39 is 0 Å². The number of nitrogens with two attached hydrogens (primary N) is 1. The first-order valence-corrected chi connectivity index (χ1v) is 6.84. The van der Waals surface area contributed by atoms with E-state index in [9.17, 15) is 9.90 Å². The Hall–Kier alpha value is -1.39. The first-order valence-electron chi connectivity index (χ1n) is 6.84. The van der Waals surface area contributed by atoms with Crippen molar-refractivity contribution in [2.24, 2.45) is 11.7 Å². The molecule has 1 heterocycles. The van der Waals surface area contributed by atoms with Crippen LogP contribution in [-0.4, -0.2) is 24.7 Å². The third kappa shape index (κ3) is 2.65. The van der Waals surface area contributed by atoms with Gasteiger partial charge in [0.2, 0.25) is 5.91 Å². The lowest BCUT2D eigenvalue weighted by molar-refractivity contribution is -0.118. The van der Waals surface area contributed by atoms with Crippen LogP contribution in [0.5, 0.6) is 0 Å². The molecule has 0 radical (unpaired) electrons. The number of hydrogen-bond acceptors (Lipinski definition) is 3. The molecule has 104 valence electrons. The molecule has 0 spiro atoms. The van der Waals surface area contributed by atoms with Gasteiger partial charge in [-0.2, -0.15) is 0 Å². The third-order valence-electron chi connectivity index (χ3n) is 4.10. The van der Waals surface area contributed by atoms with Gasteiger partial charge in [0.15, 0.2) is 0 Å². The molecule has 2 unspecified atom stereocenters. The SMILES string of the molecule is CCC(CO)C(N)c1ccc2c(c1)CCC(=O)N2C. The number of carbonyl (C=O) groups excluding carboxylic acids is 1. The average molecular weight is 262 g/mol. The molecule has 0 saturated heterocycles. The summed E-state index contributed by atoms with van der Waals surface area (Å²) in [7, 11) is 1.81. The van der Waals surface area contributed by atoms with Gasteiger partial charge in [0.25, 0.3) is 0 Å². The Labute approximate surface area is 114 Å². The number of aryl methyl sites for hydroxylation is 1. The van der Waals surface area contributed by atoms with E-state index in [1.54, 1.807) is 4.90 Å². The van der Waals surface area contributed by atoms with Gasteiger partial charge in [-0.05, 0) is 30.0 Å². The number of aliphatic hydroxyl groups is 1. The van der Waals surface area contributed by atoms with Gasteiger partial charge in [-0.15, -0.1) is 0 Å². The van der Waals surface area contributed by atoms with Gasteiger partial charge in [-0.25, -0.2) is 0 Å². The first-order chi connectivity index (χ1) is 9.08. The zero-order valence-electron chi connectivity index (χ0n) is 11.6. The van der Waals surface area contributed by atoms with Gasteiger partial charge in [0.1, 0.15) is 0 Å². The summed E-state index contributed by atoms with van der Waals surface area (Å²) in [5.41, 5.74) is 9.40. The van der Waals surface area contributed by atoms with Crippen molar-refractivity contribution in [3.05, 3.63) is 29.3 Å². The fraction of sp³-hybridized carbons (Fsp3) is 0.533. The van der Waals surface area contributed by atoms with E-state index in [1.165, 1.54) is 5.56 Å². The monoisotopic (exact) mass is 262 g/mol. The summed E-state index contributed by atoms with van der Waals surface area (Å²) in [5, 5.41) is 9.34. The molecule has 0 aliphatic carbocycles. The molecule has 0 aromatic heterocycles. The lowest BCUT2D eigenvalue weighted by Gasteiger charge is -2.28. The molecule has 0 fully saturated rings. The van der Waals surface area contributed by atoms with E-state index in [0.717, 1.165) is 24.1 Å². The number of benzene rings is 1. The van der Waals surface area contributed by atoms with Crippen LogP contribution in [0.3, 0.4) is 0 Å². The number of anilines is 1. The van der Waals surface area contributed by atoms with E-state index >= 15 is 0 Å². The molecule has 0 bridgehead atoms. The molecule has 0 saturated carbocycles. The second-order valence-electron chi connectivity index (χ2n) is 5.22. The van der Waals surface area contributed by atoms with E-state index in [0.29, 0.717) is 6.42 Å². The smallest absolute Gasteiger partial charge is 0.227 e. The average Bonchev–Trinajstić information content (AvgIpc) is 2.44. The molecule has 1 amide bonds. The zero-order valence-corrected chi connectivity index (χ0v) is 11.6. The highest BCUT2D eigenvalue weighted by Crippen LogP contribution is 2.31. The highest BCUT2D eigenvalue weighted by Gasteiger charge is 2.23. The summed E-state index contributed by atoms with van der Waals surface area (Å²) in [6.45, 7) is 2.14. The fourth-order valence-corrected chi connectivity index (χ4v) is 2.65. The van der Waals surface area contributed by atoms with Crippen molar-refractivity contribution < 1.29 is 9.90 Å². The molecule has 1 aromatic rings. The van der Waals surface area contributed by atoms with Crippen LogP contribution in [0, 0.1) is 5.92 Å². The van der Waals surface area contributed by atoms with Crippen LogP contribution in [0.2, 0.25) is 0 Å². The van der Waals surface area contributed by atoms with Crippen molar-refractivity contribution in [1.29, 1.82) is 0 Å². The van der Waals surface area contributed by atoms with Crippen molar-refractivity contribution >= 4 is 11.6 Å². The standard InChI is InChI=1S/C15H22N2O2/c1-3-10(9-18)15(16)12-4-6-13-11(8-12)5-7-14(19)17(13)2/h4,6,8,10,15,18H,3,5,7,9,16H2,1-2H3. The maximum Gasteiger partial charge on any atom is 0.227 e. The number of aliphatic hydroxyl groups excluding tert-OH is 1. The largest absolute Gasteiger partial charge is 0.396 e. The molecule has 2 rings (SSSR count). The Balaban J connectivity index is 2.29. The van der Waals surface area contributed by atoms with Gasteiger partial charge in [0, 0.05) is 37.7 Å². The van der Waals surface area contributed by atoms with E-state index in [-0.39, 0.29) is 24.5 Å². The van der Waals surface area contributed by atoms with Crippen molar-refractivity contribution in [3.63, 3.8) is 0 Å². The molecule has 1 aliphatic heterocycles. The number of rotatable bonds is 4. The summed E-state index contributed by atoms with van der Waals surface area (Å²) in [6, 6.07) is 5.87. The fourth-order valence-electron chi connectivity index (χ4n) is 2.65. The van der Waals surface area contributed by atoms with Crippen LogP contribution < -0.4 is 10.6 Å². The zero-order chi connectivity index (χ0) is 14.0. The Morgan fingerprint density at radius 3 is 2.79 bits per heavy atom. The number of hydrogen-bond donors (Lipinski definition) is 2. The molecule has 3 N–H and O–H groups in total. The molecular formula is C15H22N2O2. The maximum absolute atomic E-state index is 11.6. The second-order valence-corrected chi connectivity index (χ2v) is 5.22.